The minimum atomic E-state index is -2.13. The van der Waals surface area contributed by atoms with Crippen LogP contribution in [0.3, 0.4) is 0 Å². The molecular weight excluding hydrogens is 464 g/mol. The first-order valence-electron chi connectivity index (χ1n) is 12.1. The quantitative estimate of drug-likeness (QED) is 0.401. The van der Waals surface area contributed by atoms with E-state index in [0.29, 0.717) is 41.8 Å². The fraction of sp³-hybridized carbons (Fsp3) is 0.519. The Morgan fingerprint density at radius 1 is 0.914 bits per heavy atom. The highest BCUT2D eigenvalue weighted by atomic mass is 28.4. The van der Waals surface area contributed by atoms with Gasteiger partial charge in [-0.1, -0.05) is 20.8 Å². The molecule has 0 bridgehead atoms. The first kappa shape index (κ1) is 23.8. The Bertz CT molecular complexity index is 1140. The predicted molar refractivity (Wildman–Crippen MR) is 133 cm³/mol. The normalized spacial score (nSPS) is 22.8. The molecule has 0 saturated carbocycles. The van der Waals surface area contributed by atoms with Gasteiger partial charge in [0.1, 0.15) is 0 Å². The van der Waals surface area contributed by atoms with E-state index in [4.69, 9.17) is 28.1 Å². The summed E-state index contributed by atoms with van der Waals surface area (Å²) in [7, 11) is 1.12. The summed E-state index contributed by atoms with van der Waals surface area (Å²) in [5.41, 5.74) is 3.10. The zero-order chi connectivity index (χ0) is 25.1. The van der Waals surface area contributed by atoms with E-state index in [0.717, 1.165) is 17.5 Å². The van der Waals surface area contributed by atoms with E-state index in [9.17, 15) is 4.79 Å². The number of carbonyl (C=O) groups is 1. The molecule has 2 aromatic rings. The number of carbonyl (C=O) groups excluding carboxylic acids is 1. The Labute approximate surface area is 207 Å². The van der Waals surface area contributed by atoms with Crippen molar-refractivity contribution >= 4 is 14.3 Å². The molecule has 0 radical (unpaired) electrons. The van der Waals surface area contributed by atoms with E-state index in [-0.39, 0.29) is 22.8 Å². The molecule has 8 heteroatoms. The molecule has 35 heavy (non-hydrogen) atoms. The minimum absolute atomic E-state index is 0.0232. The molecule has 1 aliphatic carbocycles. The van der Waals surface area contributed by atoms with Gasteiger partial charge in [-0.05, 0) is 66.4 Å². The van der Waals surface area contributed by atoms with Crippen molar-refractivity contribution in [1.29, 1.82) is 0 Å². The maximum atomic E-state index is 12.1. The van der Waals surface area contributed by atoms with Crippen LogP contribution in [0.5, 0.6) is 28.7 Å². The van der Waals surface area contributed by atoms with Crippen LogP contribution < -0.4 is 23.4 Å². The summed E-state index contributed by atoms with van der Waals surface area (Å²) < 4.78 is 35.7. The van der Waals surface area contributed by atoms with E-state index < -0.39 is 14.6 Å². The largest absolute Gasteiger partial charge is 0.539 e. The SMILES string of the molecule is COc1cc(C2Oc3cc4c(cc3O2)CC2C(=O)OCC2C4)cc(OC)c1O[Si](C)(C)C(C)(C)C. The van der Waals surface area contributed by atoms with Gasteiger partial charge in [-0.25, -0.2) is 0 Å². The van der Waals surface area contributed by atoms with Crippen molar-refractivity contribution in [3.63, 3.8) is 0 Å². The maximum Gasteiger partial charge on any atom is 0.309 e. The summed E-state index contributed by atoms with van der Waals surface area (Å²) in [5, 5.41) is 0.0232. The van der Waals surface area contributed by atoms with E-state index in [1.165, 1.54) is 5.56 Å². The molecular formula is C27H34O7Si. The third-order valence-electron chi connectivity index (χ3n) is 7.89. The molecule has 188 valence electrons. The Kier molecular flexibility index (Phi) is 5.70. The topological polar surface area (TPSA) is 72.5 Å². The van der Waals surface area contributed by atoms with Crippen molar-refractivity contribution in [2.45, 2.75) is 58.0 Å². The van der Waals surface area contributed by atoms with Crippen molar-refractivity contribution in [3.05, 3.63) is 41.0 Å². The van der Waals surface area contributed by atoms with Crippen molar-refractivity contribution in [2.24, 2.45) is 11.8 Å². The summed E-state index contributed by atoms with van der Waals surface area (Å²) in [5.74, 6) is 3.25. The first-order chi connectivity index (χ1) is 16.5. The first-order valence-corrected chi connectivity index (χ1v) is 15.0. The van der Waals surface area contributed by atoms with Crippen LogP contribution in [0, 0.1) is 11.8 Å². The predicted octanol–water partition coefficient (Wildman–Crippen LogP) is 5.45. The number of rotatable bonds is 5. The Balaban J connectivity index is 1.43. The zero-order valence-electron chi connectivity index (χ0n) is 21.5. The molecule has 3 atom stereocenters. The van der Waals surface area contributed by atoms with Gasteiger partial charge in [-0.15, -0.1) is 0 Å². The lowest BCUT2D eigenvalue weighted by Crippen LogP contribution is -2.44. The minimum Gasteiger partial charge on any atom is -0.539 e. The number of cyclic esters (lactones) is 1. The molecule has 2 aromatic carbocycles. The second kappa shape index (κ2) is 8.36. The molecule has 1 saturated heterocycles. The molecule has 5 rings (SSSR count). The van der Waals surface area contributed by atoms with Gasteiger partial charge < -0.3 is 28.1 Å². The lowest BCUT2D eigenvalue weighted by atomic mass is 9.77. The molecule has 2 aliphatic heterocycles. The van der Waals surface area contributed by atoms with Crippen LogP contribution in [-0.2, 0) is 22.4 Å². The summed E-state index contributed by atoms with van der Waals surface area (Å²) in [6, 6.07) is 7.84. The molecule has 3 aliphatic rings. The summed E-state index contributed by atoms with van der Waals surface area (Å²) >= 11 is 0. The van der Waals surface area contributed by atoms with Crippen LogP contribution in [0.4, 0.5) is 0 Å². The standard InChI is InChI=1S/C27H34O7Si/c1-27(2,3)35(6,7)34-24-22(29-4)12-17(13-23(24)30-5)26-32-20-10-15-8-18-14-31-25(28)19(18)9-16(15)11-21(20)33-26/h10-13,18-19,26H,8-9,14H2,1-7H3. The lowest BCUT2D eigenvalue weighted by molar-refractivity contribution is -0.141. The summed E-state index contributed by atoms with van der Waals surface area (Å²) in [4.78, 5) is 12.1. The van der Waals surface area contributed by atoms with Gasteiger partial charge in [0.15, 0.2) is 28.7 Å². The van der Waals surface area contributed by atoms with Gasteiger partial charge in [0, 0.05) is 11.5 Å². The molecule has 2 heterocycles. The molecule has 3 unspecified atom stereocenters. The molecule has 0 aromatic heterocycles. The Hall–Kier alpha value is -2.87. The van der Waals surface area contributed by atoms with E-state index in [1.807, 2.05) is 24.3 Å². The third-order valence-corrected chi connectivity index (χ3v) is 12.2. The van der Waals surface area contributed by atoms with E-state index in [1.54, 1.807) is 14.2 Å². The van der Waals surface area contributed by atoms with Gasteiger partial charge in [-0.2, -0.15) is 0 Å². The van der Waals surface area contributed by atoms with Gasteiger partial charge >= 0.3 is 5.97 Å². The van der Waals surface area contributed by atoms with Crippen LogP contribution in [0.2, 0.25) is 18.1 Å². The summed E-state index contributed by atoms with van der Waals surface area (Å²) in [6.45, 7) is 11.5. The second-order valence-electron chi connectivity index (χ2n) is 11.2. The molecule has 1 fully saturated rings. The van der Waals surface area contributed by atoms with Crippen LogP contribution in [0.15, 0.2) is 24.3 Å². The maximum absolute atomic E-state index is 12.1. The number of benzene rings is 2. The number of hydrogen-bond donors (Lipinski definition) is 0. The van der Waals surface area contributed by atoms with Crippen molar-refractivity contribution in [3.8, 4) is 28.7 Å². The number of methoxy groups -OCH3 is 2. The number of ether oxygens (including phenoxy) is 5. The number of fused-ring (bicyclic) bond motifs is 3. The van der Waals surface area contributed by atoms with Crippen LogP contribution in [0.25, 0.3) is 0 Å². The van der Waals surface area contributed by atoms with E-state index >= 15 is 0 Å². The van der Waals surface area contributed by atoms with Crippen molar-refractivity contribution < 1.29 is 32.9 Å². The lowest BCUT2D eigenvalue weighted by Gasteiger charge is -2.37. The Morgan fingerprint density at radius 3 is 2.03 bits per heavy atom. The fourth-order valence-electron chi connectivity index (χ4n) is 4.72. The highest BCUT2D eigenvalue weighted by molar-refractivity contribution is 6.74. The van der Waals surface area contributed by atoms with Gasteiger partial charge in [0.25, 0.3) is 14.6 Å². The molecule has 0 amide bonds. The number of esters is 1. The average Bonchev–Trinajstić information content (AvgIpc) is 3.38. The smallest absolute Gasteiger partial charge is 0.309 e. The van der Waals surface area contributed by atoms with Crippen molar-refractivity contribution in [2.75, 3.05) is 20.8 Å². The van der Waals surface area contributed by atoms with Gasteiger partial charge in [-0.3, -0.25) is 4.79 Å². The highest BCUT2D eigenvalue weighted by Gasteiger charge is 2.42. The van der Waals surface area contributed by atoms with Crippen molar-refractivity contribution in [1.82, 2.24) is 0 Å². The monoisotopic (exact) mass is 498 g/mol. The van der Waals surface area contributed by atoms with Crippen LogP contribution >= 0.6 is 0 Å². The van der Waals surface area contributed by atoms with Gasteiger partial charge in [0.05, 0.1) is 26.7 Å². The number of hydrogen-bond acceptors (Lipinski definition) is 7. The van der Waals surface area contributed by atoms with E-state index in [2.05, 4.69) is 33.9 Å². The fourth-order valence-corrected chi connectivity index (χ4v) is 5.74. The van der Waals surface area contributed by atoms with Gasteiger partial charge in [0.2, 0.25) is 0 Å². The van der Waals surface area contributed by atoms with Crippen LogP contribution in [-0.4, -0.2) is 35.1 Å². The molecule has 7 nitrogen and oxygen atoms in total. The molecule has 0 N–H and O–H groups in total. The second-order valence-corrected chi connectivity index (χ2v) is 15.9. The zero-order valence-corrected chi connectivity index (χ0v) is 22.5. The third kappa shape index (κ3) is 4.11. The summed E-state index contributed by atoms with van der Waals surface area (Å²) in [6.07, 6.45) is 0.859. The Morgan fingerprint density at radius 2 is 1.49 bits per heavy atom. The molecule has 0 spiro atoms. The highest BCUT2D eigenvalue weighted by Crippen LogP contribution is 2.49. The average molecular weight is 499 g/mol. The van der Waals surface area contributed by atoms with Crippen LogP contribution in [0.1, 0.15) is 43.8 Å².